The second-order valence-corrected chi connectivity index (χ2v) is 1.93. The molecule has 0 bridgehead atoms. The van der Waals surface area contributed by atoms with Crippen LogP contribution in [-0.2, 0) is 4.74 Å². The number of rotatable bonds is 0. The summed E-state index contributed by atoms with van der Waals surface area (Å²) < 4.78 is 50.2. The number of alkyl halides is 4. The lowest BCUT2D eigenvalue weighted by atomic mass is 10.8. The molecule has 0 aliphatic carbocycles. The highest BCUT2D eigenvalue weighted by atomic mass is 19.4. The molecule has 3 N–H and O–H groups in total. The average Bonchev–Trinajstić information content (AvgIpc) is 1.78. The molecular weight excluding hydrogens is 196 g/mol. The molecule has 9 heteroatoms. The fourth-order valence-electron chi connectivity index (χ4n) is 0.576. The van der Waals surface area contributed by atoms with Crippen molar-refractivity contribution in [3.63, 3.8) is 0 Å². The molecule has 1 unspecified atom stereocenters. The van der Waals surface area contributed by atoms with Gasteiger partial charge >= 0.3 is 12.4 Å². The number of hydrogen-bond donors (Lipinski definition) is 2. The van der Waals surface area contributed by atoms with Crippen molar-refractivity contribution in [1.29, 1.82) is 0 Å². The minimum atomic E-state index is -4.94. The summed E-state index contributed by atoms with van der Waals surface area (Å²) >= 11 is 0. The summed E-state index contributed by atoms with van der Waals surface area (Å²) in [4.78, 5) is 5.69. The molecule has 0 saturated carbocycles. The summed E-state index contributed by atoms with van der Waals surface area (Å²) in [6.45, 7) is 0. The van der Waals surface area contributed by atoms with E-state index >= 15 is 0 Å². The van der Waals surface area contributed by atoms with Crippen LogP contribution >= 0.6 is 0 Å². The normalized spacial score (nSPS) is 22.9. The number of ether oxygens (including phenoxy) is 1. The van der Waals surface area contributed by atoms with E-state index in [1.807, 2.05) is 0 Å². The summed E-state index contributed by atoms with van der Waals surface area (Å²) in [6.07, 6.45) is -7.11. The molecule has 1 atom stereocenters. The first-order valence-electron chi connectivity index (χ1n) is 2.95. The first kappa shape index (κ1) is 9.55. The number of hydrogen-bond acceptors (Lipinski definition) is 5. The van der Waals surface area contributed by atoms with Gasteiger partial charge in [0.1, 0.15) is 0 Å². The SMILES string of the molecule is NC1=NC(F)N=C(OC(F)(F)F)N1. The molecule has 0 spiro atoms. The van der Waals surface area contributed by atoms with Crippen molar-refractivity contribution in [2.24, 2.45) is 15.7 Å². The zero-order valence-corrected chi connectivity index (χ0v) is 5.97. The molecule has 0 radical (unpaired) electrons. The summed E-state index contributed by atoms with van der Waals surface area (Å²) in [5.74, 6) is -0.526. The van der Waals surface area contributed by atoms with E-state index in [-0.39, 0.29) is 0 Å². The summed E-state index contributed by atoms with van der Waals surface area (Å²) in [5, 5.41) is 1.80. The Hall–Kier alpha value is -1.54. The molecule has 1 aliphatic rings. The molecule has 1 aliphatic heterocycles. The molecule has 74 valence electrons. The van der Waals surface area contributed by atoms with Crippen molar-refractivity contribution in [2.75, 3.05) is 0 Å². The van der Waals surface area contributed by atoms with Gasteiger partial charge in [-0.25, -0.2) is 0 Å². The fourth-order valence-corrected chi connectivity index (χ4v) is 0.576. The summed E-state index contributed by atoms with van der Waals surface area (Å²) in [6, 6.07) is -1.06. The number of nitrogens with zero attached hydrogens (tertiary/aromatic N) is 2. The number of aliphatic imine (C=N–C) groups is 2. The van der Waals surface area contributed by atoms with Crippen LogP contribution in [0.2, 0.25) is 0 Å². The third-order valence-electron chi connectivity index (χ3n) is 0.917. The van der Waals surface area contributed by atoms with Crippen LogP contribution in [0.1, 0.15) is 0 Å². The van der Waals surface area contributed by atoms with Gasteiger partial charge in [-0.3, -0.25) is 5.32 Å². The highest BCUT2D eigenvalue weighted by molar-refractivity contribution is 5.96. The number of amidine groups is 1. The van der Waals surface area contributed by atoms with Gasteiger partial charge in [0.15, 0.2) is 0 Å². The van der Waals surface area contributed by atoms with Crippen LogP contribution in [0.15, 0.2) is 9.98 Å². The van der Waals surface area contributed by atoms with Gasteiger partial charge in [0, 0.05) is 0 Å². The Morgan fingerprint density at radius 1 is 1.38 bits per heavy atom. The van der Waals surface area contributed by atoms with Crippen LogP contribution in [0.25, 0.3) is 0 Å². The highest BCUT2D eigenvalue weighted by Gasteiger charge is 2.34. The van der Waals surface area contributed by atoms with E-state index in [1.165, 1.54) is 0 Å². The van der Waals surface area contributed by atoms with Crippen LogP contribution in [-0.4, -0.2) is 24.8 Å². The Labute approximate surface area is 69.3 Å². The molecule has 0 aromatic carbocycles. The lowest BCUT2D eigenvalue weighted by Crippen LogP contribution is -2.44. The maximum absolute atomic E-state index is 12.3. The van der Waals surface area contributed by atoms with Crippen LogP contribution in [0.4, 0.5) is 17.6 Å². The second kappa shape index (κ2) is 3.07. The summed E-state index contributed by atoms with van der Waals surface area (Å²) in [5.41, 5.74) is 4.91. The Morgan fingerprint density at radius 3 is 2.46 bits per heavy atom. The Bertz CT molecular complexity index is 259. The molecule has 1 rings (SSSR count). The van der Waals surface area contributed by atoms with Crippen molar-refractivity contribution in [3.05, 3.63) is 0 Å². The molecule has 5 nitrogen and oxygen atoms in total. The molecule has 0 aromatic heterocycles. The van der Waals surface area contributed by atoms with Gasteiger partial charge in [0.05, 0.1) is 0 Å². The average molecular weight is 200 g/mol. The third kappa shape index (κ3) is 3.13. The first-order chi connectivity index (χ1) is 5.87. The lowest BCUT2D eigenvalue weighted by Gasteiger charge is -2.15. The molecule has 0 fully saturated rings. The minimum absolute atomic E-state index is 0.526. The largest absolute Gasteiger partial charge is 0.575 e. The van der Waals surface area contributed by atoms with Crippen LogP contribution < -0.4 is 11.1 Å². The molecule has 1 heterocycles. The smallest absolute Gasteiger partial charge is 0.372 e. The van der Waals surface area contributed by atoms with E-state index in [0.717, 1.165) is 0 Å². The minimum Gasteiger partial charge on any atom is -0.372 e. The topological polar surface area (TPSA) is 72.0 Å². The van der Waals surface area contributed by atoms with Gasteiger partial charge in [0.2, 0.25) is 5.96 Å². The van der Waals surface area contributed by atoms with Crippen LogP contribution in [0.3, 0.4) is 0 Å². The zero-order valence-electron chi connectivity index (χ0n) is 5.97. The first-order valence-corrected chi connectivity index (χ1v) is 2.95. The fraction of sp³-hybridized carbons (Fsp3) is 0.500. The van der Waals surface area contributed by atoms with Gasteiger partial charge < -0.3 is 10.5 Å². The van der Waals surface area contributed by atoms with Crippen molar-refractivity contribution < 1.29 is 22.3 Å². The zero-order chi connectivity index (χ0) is 10.1. The predicted molar refractivity (Wildman–Crippen MR) is 34.2 cm³/mol. The second-order valence-electron chi connectivity index (χ2n) is 1.93. The Kier molecular flexibility index (Phi) is 2.26. The monoisotopic (exact) mass is 200 g/mol. The third-order valence-corrected chi connectivity index (χ3v) is 0.917. The van der Waals surface area contributed by atoms with Gasteiger partial charge in [-0.05, 0) is 0 Å². The van der Waals surface area contributed by atoms with Crippen molar-refractivity contribution in [2.45, 2.75) is 12.8 Å². The van der Waals surface area contributed by atoms with E-state index < -0.39 is 24.8 Å². The van der Waals surface area contributed by atoms with E-state index in [0.29, 0.717) is 0 Å². The van der Waals surface area contributed by atoms with Gasteiger partial charge in [-0.2, -0.15) is 14.4 Å². The maximum atomic E-state index is 12.3. The maximum Gasteiger partial charge on any atom is 0.575 e. The number of guanidine groups is 1. The van der Waals surface area contributed by atoms with Gasteiger partial charge in [-0.15, -0.1) is 13.2 Å². The van der Waals surface area contributed by atoms with Crippen molar-refractivity contribution >= 4 is 12.0 Å². The lowest BCUT2D eigenvalue weighted by molar-refractivity contribution is -0.284. The number of halogens is 4. The van der Waals surface area contributed by atoms with Crippen molar-refractivity contribution in [3.8, 4) is 0 Å². The van der Waals surface area contributed by atoms with Crippen LogP contribution in [0.5, 0.6) is 0 Å². The predicted octanol–water partition coefficient (Wildman–Crippen LogP) is 0.0498. The van der Waals surface area contributed by atoms with Gasteiger partial charge in [-0.1, -0.05) is 0 Å². The quantitative estimate of drug-likeness (QED) is 0.428. The van der Waals surface area contributed by atoms with Crippen LogP contribution in [0, 0.1) is 0 Å². The number of nitrogens with one attached hydrogen (secondary N) is 1. The molecule has 0 aromatic rings. The Balaban J connectivity index is 2.63. The Morgan fingerprint density at radius 2 is 2.00 bits per heavy atom. The van der Waals surface area contributed by atoms with E-state index in [1.54, 1.807) is 5.32 Å². The van der Waals surface area contributed by atoms with Gasteiger partial charge in [0.25, 0.3) is 6.42 Å². The molecule has 0 saturated heterocycles. The molecule has 0 amide bonds. The van der Waals surface area contributed by atoms with E-state index in [4.69, 9.17) is 5.73 Å². The highest BCUT2D eigenvalue weighted by Crippen LogP contribution is 2.17. The number of nitrogens with two attached hydrogens (primary N) is 1. The molecular formula is C4H4F4N4O. The molecule has 13 heavy (non-hydrogen) atoms. The van der Waals surface area contributed by atoms with Crippen molar-refractivity contribution in [1.82, 2.24) is 5.32 Å². The summed E-state index contributed by atoms with van der Waals surface area (Å²) in [7, 11) is 0. The standard InChI is InChI=1S/C4H4F4N4O/c5-1-10-2(9)12-3(11-1)13-4(6,7)8/h1H,(H3,9,10,11,12). The van der Waals surface area contributed by atoms with E-state index in [2.05, 4.69) is 14.7 Å². The van der Waals surface area contributed by atoms with E-state index in [9.17, 15) is 17.6 Å².